The number of hydrogen-bond acceptors (Lipinski definition) is 6. The van der Waals surface area contributed by atoms with Crippen molar-refractivity contribution in [3.63, 3.8) is 0 Å². The molecule has 0 aliphatic heterocycles. The Balaban J connectivity index is 2.77. The molecule has 8 nitrogen and oxygen atoms in total. The predicted octanol–water partition coefficient (Wildman–Crippen LogP) is 0.411. The van der Waals surface area contributed by atoms with Crippen LogP contribution in [0.2, 0.25) is 0 Å². The lowest BCUT2D eigenvalue weighted by molar-refractivity contribution is -0.139. The molecule has 0 bridgehead atoms. The molecule has 130 valence electrons. The number of carboxylic acids is 1. The second-order valence-electron chi connectivity index (χ2n) is 5.33. The first-order valence-corrected chi connectivity index (χ1v) is 9.04. The molecule has 0 radical (unpaired) electrons. The van der Waals surface area contributed by atoms with Gasteiger partial charge in [0.15, 0.2) is 0 Å². The van der Waals surface area contributed by atoms with Crippen LogP contribution in [0.3, 0.4) is 0 Å². The zero-order chi connectivity index (χ0) is 17.7. The third-order valence-corrected chi connectivity index (χ3v) is 5.85. The summed E-state index contributed by atoms with van der Waals surface area (Å²) in [6.07, 6.45) is -0.350. The maximum absolute atomic E-state index is 12.2. The van der Waals surface area contributed by atoms with Crippen LogP contribution < -0.4 is 10.0 Å². The number of methoxy groups -OCH3 is 1. The van der Waals surface area contributed by atoms with Crippen LogP contribution in [-0.4, -0.2) is 50.7 Å². The Morgan fingerprint density at radius 3 is 2.61 bits per heavy atom. The number of thiophene rings is 1. The van der Waals surface area contributed by atoms with Gasteiger partial charge in [0.2, 0.25) is 5.91 Å². The van der Waals surface area contributed by atoms with E-state index in [4.69, 9.17) is 9.84 Å². The molecule has 0 fully saturated rings. The molecule has 1 aromatic heterocycles. The maximum Gasteiger partial charge on any atom is 0.305 e. The Hall–Kier alpha value is -1.49. The van der Waals surface area contributed by atoms with Crippen molar-refractivity contribution in [3.8, 4) is 0 Å². The molecule has 0 aromatic carbocycles. The number of hydrogen-bond donors (Lipinski definition) is 3. The summed E-state index contributed by atoms with van der Waals surface area (Å²) in [5.74, 6) is -1.73. The van der Waals surface area contributed by atoms with Crippen molar-refractivity contribution in [2.45, 2.75) is 36.1 Å². The standard InChI is InChI=1S/C13H20N2O6S2/c1-9(15-23(19,20)11-5-4-6-22-11)12(18)14-13(2,8-21-3)7-10(16)17/h4-6,9,15H,7-8H2,1-3H3,(H,14,18)(H,16,17). The Morgan fingerprint density at radius 2 is 2.13 bits per heavy atom. The van der Waals surface area contributed by atoms with Crippen molar-refractivity contribution in [1.29, 1.82) is 0 Å². The van der Waals surface area contributed by atoms with Gasteiger partial charge in [-0.05, 0) is 25.3 Å². The first-order chi connectivity index (χ1) is 10.6. The van der Waals surface area contributed by atoms with E-state index in [1.165, 1.54) is 27.0 Å². The van der Waals surface area contributed by atoms with E-state index >= 15 is 0 Å². The van der Waals surface area contributed by atoms with Crippen molar-refractivity contribution in [2.75, 3.05) is 13.7 Å². The Kier molecular flexibility index (Phi) is 6.69. The fourth-order valence-corrected chi connectivity index (χ4v) is 4.16. The monoisotopic (exact) mass is 364 g/mol. The van der Waals surface area contributed by atoms with Crippen molar-refractivity contribution in [1.82, 2.24) is 10.0 Å². The first-order valence-electron chi connectivity index (χ1n) is 6.68. The number of nitrogens with one attached hydrogen (secondary N) is 2. The summed E-state index contributed by atoms with van der Waals surface area (Å²) in [4.78, 5) is 23.1. The summed E-state index contributed by atoms with van der Waals surface area (Å²) in [6.45, 7) is 2.88. The fraction of sp³-hybridized carbons (Fsp3) is 0.538. The first kappa shape index (κ1) is 19.6. The zero-order valence-electron chi connectivity index (χ0n) is 13.0. The van der Waals surface area contributed by atoms with Gasteiger partial charge in [-0.2, -0.15) is 4.72 Å². The molecule has 0 aliphatic carbocycles. The highest BCUT2D eigenvalue weighted by Crippen LogP contribution is 2.16. The summed E-state index contributed by atoms with van der Waals surface area (Å²) in [5, 5.41) is 13.1. The van der Waals surface area contributed by atoms with E-state index in [9.17, 15) is 18.0 Å². The summed E-state index contributed by atoms with van der Waals surface area (Å²) in [6, 6.07) is 1.95. The molecule has 2 unspecified atom stereocenters. The summed E-state index contributed by atoms with van der Waals surface area (Å²) < 4.78 is 31.4. The van der Waals surface area contributed by atoms with E-state index in [2.05, 4.69) is 10.0 Å². The average Bonchev–Trinajstić information content (AvgIpc) is 2.91. The highest BCUT2D eigenvalue weighted by atomic mass is 32.2. The van der Waals surface area contributed by atoms with Crippen molar-refractivity contribution >= 4 is 33.2 Å². The van der Waals surface area contributed by atoms with Gasteiger partial charge in [0.25, 0.3) is 10.0 Å². The van der Waals surface area contributed by atoms with Gasteiger partial charge in [-0.25, -0.2) is 8.42 Å². The number of carbonyl (C=O) groups is 2. The van der Waals surface area contributed by atoms with Crippen LogP contribution in [-0.2, 0) is 24.3 Å². The van der Waals surface area contributed by atoms with E-state index in [1.807, 2.05) is 0 Å². The second kappa shape index (κ2) is 7.86. The summed E-state index contributed by atoms with van der Waals surface area (Å²) in [7, 11) is -2.41. The Morgan fingerprint density at radius 1 is 1.48 bits per heavy atom. The molecule has 1 amide bonds. The summed E-state index contributed by atoms with van der Waals surface area (Å²) >= 11 is 1.03. The third-order valence-electron chi connectivity index (χ3n) is 2.91. The number of ether oxygens (including phenoxy) is 1. The van der Waals surface area contributed by atoms with E-state index in [0.29, 0.717) is 0 Å². The van der Waals surface area contributed by atoms with Crippen molar-refractivity contribution < 1.29 is 27.9 Å². The van der Waals surface area contributed by atoms with Gasteiger partial charge >= 0.3 is 5.97 Å². The van der Waals surface area contributed by atoms with Gasteiger partial charge in [0.1, 0.15) is 4.21 Å². The van der Waals surface area contributed by atoms with Gasteiger partial charge in [-0.3, -0.25) is 9.59 Å². The number of carbonyl (C=O) groups excluding carboxylic acids is 1. The van der Waals surface area contributed by atoms with Crippen LogP contribution in [0.25, 0.3) is 0 Å². The molecule has 1 heterocycles. The van der Waals surface area contributed by atoms with E-state index < -0.39 is 33.5 Å². The highest BCUT2D eigenvalue weighted by molar-refractivity contribution is 7.91. The lowest BCUT2D eigenvalue weighted by Gasteiger charge is -2.30. The molecule has 1 rings (SSSR count). The van der Waals surface area contributed by atoms with Gasteiger partial charge in [0, 0.05) is 7.11 Å². The lowest BCUT2D eigenvalue weighted by Crippen LogP contribution is -2.56. The largest absolute Gasteiger partial charge is 0.481 e. The van der Waals surface area contributed by atoms with Crippen LogP contribution in [0, 0.1) is 0 Å². The Bertz CT molecular complexity index is 643. The fourth-order valence-electron chi connectivity index (χ4n) is 1.95. The lowest BCUT2D eigenvalue weighted by atomic mass is 9.98. The molecule has 1 aromatic rings. The predicted molar refractivity (Wildman–Crippen MR) is 84.8 cm³/mol. The summed E-state index contributed by atoms with van der Waals surface area (Å²) in [5.41, 5.74) is -1.14. The minimum absolute atomic E-state index is 0.0184. The van der Waals surface area contributed by atoms with Crippen LogP contribution in [0.4, 0.5) is 0 Å². The second-order valence-corrected chi connectivity index (χ2v) is 8.22. The number of carboxylic acid groups (broad SMARTS) is 1. The molecule has 2 atom stereocenters. The normalized spacial score (nSPS) is 15.6. The third kappa shape index (κ3) is 5.90. The van der Waals surface area contributed by atoms with Gasteiger partial charge in [0.05, 0.1) is 24.6 Å². The molecule has 0 spiro atoms. The quantitative estimate of drug-likeness (QED) is 0.583. The van der Waals surface area contributed by atoms with E-state index in [1.54, 1.807) is 11.4 Å². The van der Waals surface area contributed by atoms with E-state index in [-0.39, 0.29) is 17.2 Å². The van der Waals surface area contributed by atoms with Gasteiger partial charge in [-0.1, -0.05) is 6.07 Å². The topological polar surface area (TPSA) is 122 Å². The number of amides is 1. The van der Waals surface area contributed by atoms with Gasteiger partial charge < -0.3 is 15.2 Å². The molecule has 23 heavy (non-hydrogen) atoms. The van der Waals surface area contributed by atoms with Crippen LogP contribution in [0.5, 0.6) is 0 Å². The zero-order valence-corrected chi connectivity index (χ0v) is 14.7. The minimum Gasteiger partial charge on any atom is -0.481 e. The number of aliphatic carboxylic acids is 1. The minimum atomic E-state index is -3.79. The smallest absolute Gasteiger partial charge is 0.305 e. The maximum atomic E-state index is 12.2. The molecule has 3 N–H and O–H groups in total. The number of sulfonamides is 1. The molecular weight excluding hydrogens is 344 g/mol. The average molecular weight is 364 g/mol. The van der Waals surface area contributed by atoms with Crippen molar-refractivity contribution in [2.24, 2.45) is 0 Å². The molecule has 0 saturated carbocycles. The molecular formula is C13H20N2O6S2. The molecule has 10 heteroatoms. The van der Waals surface area contributed by atoms with Gasteiger partial charge in [-0.15, -0.1) is 11.3 Å². The molecule has 0 aliphatic rings. The number of rotatable bonds is 9. The Labute approximate surface area is 138 Å². The van der Waals surface area contributed by atoms with Crippen LogP contribution in [0.1, 0.15) is 20.3 Å². The van der Waals surface area contributed by atoms with Crippen LogP contribution in [0.15, 0.2) is 21.7 Å². The van der Waals surface area contributed by atoms with E-state index in [0.717, 1.165) is 11.3 Å². The van der Waals surface area contributed by atoms with Crippen molar-refractivity contribution in [3.05, 3.63) is 17.5 Å². The highest BCUT2D eigenvalue weighted by Gasteiger charge is 2.32. The SMILES string of the molecule is COCC(C)(CC(=O)O)NC(=O)C(C)NS(=O)(=O)c1cccs1. The van der Waals surface area contributed by atoms with Crippen LogP contribution >= 0.6 is 11.3 Å². The molecule has 0 saturated heterocycles.